The predicted octanol–water partition coefficient (Wildman–Crippen LogP) is 6.22. The molecule has 0 saturated heterocycles. The van der Waals surface area contributed by atoms with Crippen molar-refractivity contribution in [3.8, 4) is 17.4 Å². The van der Waals surface area contributed by atoms with Gasteiger partial charge in [-0.05, 0) is 58.7 Å². The molecule has 1 heterocycles. The lowest BCUT2D eigenvalue weighted by Gasteiger charge is -2.06. The van der Waals surface area contributed by atoms with Gasteiger partial charge in [0.2, 0.25) is 0 Å². The zero-order valence-electron chi connectivity index (χ0n) is 14.3. The largest absolute Gasteiger partial charge is 0.457 e. The Morgan fingerprint density at radius 3 is 2.70 bits per heavy atom. The number of aryl methyl sites for hydroxylation is 1. The minimum atomic E-state index is -0.489. The molecule has 1 amide bonds. The molecule has 4 nitrogen and oxygen atoms in total. The molecule has 3 aromatic rings. The fourth-order valence-electron chi connectivity index (χ4n) is 2.43. The van der Waals surface area contributed by atoms with Gasteiger partial charge >= 0.3 is 0 Å². The van der Waals surface area contributed by atoms with Crippen molar-refractivity contribution in [2.45, 2.75) is 6.92 Å². The Morgan fingerprint density at radius 1 is 1.22 bits per heavy atom. The molecule has 0 aliphatic rings. The summed E-state index contributed by atoms with van der Waals surface area (Å²) in [6.45, 7) is 1.88. The van der Waals surface area contributed by atoms with E-state index in [4.69, 9.17) is 16.0 Å². The molecular formula is C21H14BrClN2O2. The van der Waals surface area contributed by atoms with E-state index in [1.165, 1.54) is 6.08 Å². The minimum Gasteiger partial charge on any atom is -0.457 e. The molecule has 0 aliphatic heterocycles. The summed E-state index contributed by atoms with van der Waals surface area (Å²) in [4.78, 5) is 12.4. The number of carbonyl (C=O) groups is 1. The van der Waals surface area contributed by atoms with Crippen LogP contribution in [0.15, 0.2) is 69.1 Å². The van der Waals surface area contributed by atoms with Crippen LogP contribution in [0.1, 0.15) is 11.3 Å². The summed E-state index contributed by atoms with van der Waals surface area (Å²) in [6, 6.07) is 18.2. The van der Waals surface area contributed by atoms with Crippen LogP contribution in [0.5, 0.6) is 0 Å². The molecule has 3 rings (SSSR count). The van der Waals surface area contributed by atoms with E-state index in [0.717, 1.165) is 15.6 Å². The second kappa shape index (κ2) is 8.26. The molecule has 1 aromatic heterocycles. The summed E-state index contributed by atoms with van der Waals surface area (Å²) < 4.78 is 6.53. The first-order chi connectivity index (χ1) is 13.0. The van der Waals surface area contributed by atoms with Gasteiger partial charge < -0.3 is 9.73 Å². The fraction of sp³-hybridized carbons (Fsp3) is 0.0476. The standard InChI is InChI=1S/C21H14BrClN2O2/c1-13-4-2-3-5-19(13)25-21(26)15(12-24)10-16-7-9-20(27-16)14-6-8-17(22)18(23)11-14/h2-11H,1H3,(H,25,26). The molecular weight excluding hydrogens is 428 g/mol. The molecule has 0 spiro atoms. The number of para-hydroxylation sites is 1. The number of anilines is 1. The van der Waals surface area contributed by atoms with E-state index in [-0.39, 0.29) is 5.57 Å². The summed E-state index contributed by atoms with van der Waals surface area (Å²) in [5.41, 5.74) is 2.32. The van der Waals surface area contributed by atoms with Crippen LogP contribution in [0.3, 0.4) is 0 Å². The van der Waals surface area contributed by atoms with Crippen molar-refractivity contribution in [3.05, 3.63) is 81.0 Å². The Hall–Kier alpha value is -2.81. The number of benzene rings is 2. The molecule has 6 heteroatoms. The molecule has 0 atom stereocenters. The van der Waals surface area contributed by atoms with Gasteiger partial charge in [-0.2, -0.15) is 5.26 Å². The number of furan rings is 1. The summed E-state index contributed by atoms with van der Waals surface area (Å²) >= 11 is 9.46. The van der Waals surface area contributed by atoms with Crippen molar-refractivity contribution in [1.82, 2.24) is 0 Å². The van der Waals surface area contributed by atoms with Crippen LogP contribution < -0.4 is 5.32 Å². The van der Waals surface area contributed by atoms with Crippen molar-refractivity contribution >= 4 is 45.2 Å². The van der Waals surface area contributed by atoms with Gasteiger partial charge in [-0.1, -0.05) is 35.9 Å². The number of nitrogens with zero attached hydrogens (tertiary/aromatic N) is 1. The number of hydrogen-bond acceptors (Lipinski definition) is 3. The number of nitrogens with one attached hydrogen (secondary N) is 1. The molecule has 0 saturated carbocycles. The number of amides is 1. The van der Waals surface area contributed by atoms with Gasteiger partial charge in [-0.3, -0.25) is 4.79 Å². The third-order valence-corrected chi connectivity index (χ3v) is 5.11. The maximum atomic E-state index is 12.4. The number of carbonyl (C=O) groups excluding carboxylic acids is 1. The van der Waals surface area contributed by atoms with E-state index in [9.17, 15) is 10.1 Å². The van der Waals surface area contributed by atoms with Crippen molar-refractivity contribution in [2.24, 2.45) is 0 Å². The Kier molecular flexibility index (Phi) is 5.80. The van der Waals surface area contributed by atoms with Crippen molar-refractivity contribution < 1.29 is 9.21 Å². The number of halogens is 2. The van der Waals surface area contributed by atoms with E-state index in [1.807, 2.05) is 43.3 Å². The van der Waals surface area contributed by atoms with Gasteiger partial charge in [0.15, 0.2) is 0 Å². The summed E-state index contributed by atoms with van der Waals surface area (Å²) in [5.74, 6) is 0.504. The highest BCUT2D eigenvalue weighted by Gasteiger charge is 2.12. The topological polar surface area (TPSA) is 66.0 Å². The van der Waals surface area contributed by atoms with Crippen LogP contribution in [0, 0.1) is 18.3 Å². The molecule has 134 valence electrons. The van der Waals surface area contributed by atoms with Crippen molar-refractivity contribution in [3.63, 3.8) is 0 Å². The van der Waals surface area contributed by atoms with Crippen molar-refractivity contribution in [2.75, 3.05) is 5.32 Å². The maximum absolute atomic E-state index is 12.4. The lowest BCUT2D eigenvalue weighted by atomic mass is 10.1. The summed E-state index contributed by atoms with van der Waals surface area (Å²) in [5, 5.41) is 12.7. The van der Waals surface area contributed by atoms with Crippen LogP contribution in [0.25, 0.3) is 17.4 Å². The van der Waals surface area contributed by atoms with E-state index in [0.29, 0.717) is 22.2 Å². The Balaban J connectivity index is 1.83. The van der Waals surface area contributed by atoms with Gasteiger partial charge in [0, 0.05) is 21.8 Å². The quantitative estimate of drug-likeness (QED) is 0.386. The normalized spacial score (nSPS) is 11.1. The lowest BCUT2D eigenvalue weighted by Crippen LogP contribution is -2.14. The third-order valence-electron chi connectivity index (χ3n) is 3.88. The van der Waals surface area contributed by atoms with E-state index in [1.54, 1.807) is 24.3 Å². The number of rotatable bonds is 4. The zero-order chi connectivity index (χ0) is 19.4. The highest BCUT2D eigenvalue weighted by molar-refractivity contribution is 9.10. The number of nitriles is 1. The first kappa shape index (κ1) is 19.0. The first-order valence-electron chi connectivity index (χ1n) is 8.02. The fourth-order valence-corrected chi connectivity index (χ4v) is 2.86. The predicted molar refractivity (Wildman–Crippen MR) is 110 cm³/mol. The Morgan fingerprint density at radius 2 is 2.00 bits per heavy atom. The van der Waals surface area contributed by atoms with Crippen LogP contribution in [0.4, 0.5) is 5.69 Å². The van der Waals surface area contributed by atoms with Crippen LogP contribution in [-0.4, -0.2) is 5.91 Å². The van der Waals surface area contributed by atoms with E-state index < -0.39 is 5.91 Å². The molecule has 1 N–H and O–H groups in total. The molecule has 0 bridgehead atoms. The van der Waals surface area contributed by atoms with E-state index in [2.05, 4.69) is 21.2 Å². The van der Waals surface area contributed by atoms with Gasteiger partial charge in [0.05, 0.1) is 5.02 Å². The van der Waals surface area contributed by atoms with Gasteiger partial charge in [0.25, 0.3) is 5.91 Å². The van der Waals surface area contributed by atoms with Crippen LogP contribution >= 0.6 is 27.5 Å². The summed E-state index contributed by atoms with van der Waals surface area (Å²) in [7, 11) is 0. The molecule has 2 aromatic carbocycles. The van der Waals surface area contributed by atoms with Crippen LogP contribution in [0.2, 0.25) is 5.02 Å². The van der Waals surface area contributed by atoms with Gasteiger partial charge in [0.1, 0.15) is 23.2 Å². The lowest BCUT2D eigenvalue weighted by molar-refractivity contribution is -0.112. The maximum Gasteiger partial charge on any atom is 0.266 e. The highest BCUT2D eigenvalue weighted by Crippen LogP contribution is 2.30. The van der Waals surface area contributed by atoms with Crippen LogP contribution in [-0.2, 0) is 4.79 Å². The monoisotopic (exact) mass is 440 g/mol. The summed E-state index contributed by atoms with van der Waals surface area (Å²) in [6.07, 6.45) is 1.41. The average Bonchev–Trinajstić information content (AvgIpc) is 3.12. The zero-order valence-corrected chi connectivity index (χ0v) is 16.6. The Bertz CT molecular complexity index is 1080. The molecule has 0 unspecified atom stereocenters. The third kappa shape index (κ3) is 4.48. The van der Waals surface area contributed by atoms with Gasteiger partial charge in [-0.15, -0.1) is 0 Å². The number of hydrogen-bond donors (Lipinski definition) is 1. The average molecular weight is 442 g/mol. The SMILES string of the molecule is Cc1ccccc1NC(=O)C(C#N)=Cc1ccc(-c2ccc(Br)c(Cl)c2)o1. The second-order valence-electron chi connectivity index (χ2n) is 5.77. The molecule has 27 heavy (non-hydrogen) atoms. The van der Waals surface area contributed by atoms with Gasteiger partial charge in [-0.25, -0.2) is 0 Å². The smallest absolute Gasteiger partial charge is 0.266 e. The molecule has 0 aliphatic carbocycles. The Labute approximate surface area is 170 Å². The minimum absolute atomic E-state index is 0.0482. The second-order valence-corrected chi connectivity index (χ2v) is 7.03. The highest BCUT2D eigenvalue weighted by atomic mass is 79.9. The first-order valence-corrected chi connectivity index (χ1v) is 9.19. The molecule has 0 fully saturated rings. The van der Waals surface area contributed by atoms with Crippen molar-refractivity contribution in [1.29, 1.82) is 5.26 Å². The van der Waals surface area contributed by atoms with E-state index >= 15 is 0 Å². The molecule has 0 radical (unpaired) electrons.